The second kappa shape index (κ2) is 6.15. The molecule has 0 atom stereocenters. The van der Waals surface area contributed by atoms with Gasteiger partial charge in [0.05, 0.1) is 17.9 Å². The van der Waals surface area contributed by atoms with Crippen LogP contribution in [0.5, 0.6) is 0 Å². The fourth-order valence-corrected chi connectivity index (χ4v) is 2.04. The van der Waals surface area contributed by atoms with Crippen LogP contribution in [0.15, 0.2) is 0 Å². The van der Waals surface area contributed by atoms with Crippen LogP contribution in [0.1, 0.15) is 43.9 Å². The van der Waals surface area contributed by atoms with Gasteiger partial charge in [-0.2, -0.15) is 5.10 Å². The van der Waals surface area contributed by atoms with Crippen molar-refractivity contribution in [3.63, 3.8) is 0 Å². The van der Waals surface area contributed by atoms with E-state index in [1.807, 2.05) is 27.7 Å². The van der Waals surface area contributed by atoms with Crippen molar-refractivity contribution >= 4 is 17.5 Å². The van der Waals surface area contributed by atoms with Gasteiger partial charge in [-0.25, -0.2) is 0 Å². The van der Waals surface area contributed by atoms with Crippen LogP contribution in [0.3, 0.4) is 0 Å². The average Bonchev–Trinajstić information content (AvgIpc) is 2.60. The molecule has 1 heterocycles. The first-order valence-corrected chi connectivity index (χ1v) is 6.94. The minimum absolute atomic E-state index is 0.0256. The highest BCUT2D eigenvalue weighted by atomic mass is 16.2. The van der Waals surface area contributed by atoms with E-state index in [-0.39, 0.29) is 23.9 Å². The molecule has 1 aromatic heterocycles. The molecule has 3 N–H and O–H groups in total. The van der Waals surface area contributed by atoms with Crippen molar-refractivity contribution in [3.8, 4) is 0 Å². The molecule has 7 nitrogen and oxygen atoms in total. The molecule has 0 aliphatic heterocycles. The number of likely N-dealkylation sites (N-methyl/N-ethyl adjacent to an activating group) is 1. The third kappa shape index (κ3) is 4.21. The van der Waals surface area contributed by atoms with Crippen molar-refractivity contribution in [2.75, 3.05) is 19.3 Å². The van der Waals surface area contributed by atoms with Crippen LogP contribution in [0.2, 0.25) is 0 Å². The third-order valence-corrected chi connectivity index (χ3v) is 2.94. The lowest BCUT2D eigenvalue weighted by Crippen LogP contribution is -2.46. The summed E-state index contributed by atoms with van der Waals surface area (Å²) in [5, 5.41) is 7.03. The summed E-state index contributed by atoms with van der Waals surface area (Å²) in [6.07, 6.45) is 0.654. The van der Waals surface area contributed by atoms with E-state index < -0.39 is 0 Å². The molecule has 0 aliphatic rings. The van der Waals surface area contributed by atoms with Crippen molar-refractivity contribution in [1.29, 1.82) is 0 Å². The van der Waals surface area contributed by atoms with Crippen molar-refractivity contribution < 1.29 is 9.59 Å². The number of nitrogens with one attached hydrogen (secondary N) is 1. The Labute approximate surface area is 125 Å². The van der Waals surface area contributed by atoms with Crippen LogP contribution in [0.4, 0.5) is 5.69 Å². The number of aromatic nitrogens is 2. The van der Waals surface area contributed by atoms with E-state index in [0.717, 1.165) is 0 Å². The van der Waals surface area contributed by atoms with Crippen LogP contribution in [0.25, 0.3) is 0 Å². The van der Waals surface area contributed by atoms with E-state index in [9.17, 15) is 9.59 Å². The van der Waals surface area contributed by atoms with Gasteiger partial charge in [-0.3, -0.25) is 14.3 Å². The summed E-state index contributed by atoms with van der Waals surface area (Å²) in [6, 6.07) is 0. The van der Waals surface area contributed by atoms with E-state index >= 15 is 0 Å². The molecule has 0 aromatic carbocycles. The Kier molecular flexibility index (Phi) is 4.98. The van der Waals surface area contributed by atoms with Gasteiger partial charge in [-0.05, 0) is 27.2 Å². The van der Waals surface area contributed by atoms with Crippen LogP contribution in [0, 0.1) is 0 Å². The van der Waals surface area contributed by atoms with Gasteiger partial charge in [-0.1, -0.05) is 6.92 Å². The van der Waals surface area contributed by atoms with Crippen LogP contribution in [-0.4, -0.2) is 45.6 Å². The van der Waals surface area contributed by atoms with Crippen molar-refractivity contribution in [1.82, 2.24) is 20.0 Å². The highest BCUT2D eigenvalue weighted by Crippen LogP contribution is 2.18. The summed E-state index contributed by atoms with van der Waals surface area (Å²) >= 11 is 0. The van der Waals surface area contributed by atoms with Gasteiger partial charge >= 0.3 is 0 Å². The lowest BCUT2D eigenvalue weighted by Gasteiger charge is -2.23. The first-order chi connectivity index (χ1) is 9.56. The topological polar surface area (TPSA) is 93.2 Å². The van der Waals surface area contributed by atoms with E-state index in [1.54, 1.807) is 14.1 Å². The molecule has 21 heavy (non-hydrogen) atoms. The van der Waals surface area contributed by atoms with Crippen LogP contribution < -0.4 is 11.1 Å². The fraction of sp³-hybridized carbons (Fsp3) is 0.643. The molecule has 1 aromatic rings. The average molecular weight is 295 g/mol. The molecule has 0 saturated carbocycles. The first-order valence-electron chi connectivity index (χ1n) is 6.94. The maximum Gasteiger partial charge on any atom is 0.274 e. The van der Waals surface area contributed by atoms with E-state index in [2.05, 4.69) is 10.4 Å². The summed E-state index contributed by atoms with van der Waals surface area (Å²) < 4.78 is 1.47. The Morgan fingerprint density at radius 1 is 1.38 bits per heavy atom. The number of hydrogen-bond donors (Lipinski definition) is 2. The maximum absolute atomic E-state index is 12.4. The largest absolute Gasteiger partial charge is 0.395 e. The molecule has 7 heteroatoms. The number of aryl methyl sites for hydroxylation is 2. The lowest BCUT2D eigenvalue weighted by atomic mass is 10.1. The van der Waals surface area contributed by atoms with Crippen molar-refractivity contribution in [3.05, 3.63) is 11.4 Å². The molecule has 1 rings (SSSR count). The quantitative estimate of drug-likeness (QED) is 0.848. The predicted molar refractivity (Wildman–Crippen MR) is 81.9 cm³/mol. The number of nitrogens with zero attached hydrogens (tertiary/aromatic N) is 3. The molecule has 0 unspecified atom stereocenters. The Morgan fingerprint density at radius 3 is 2.38 bits per heavy atom. The zero-order valence-corrected chi connectivity index (χ0v) is 13.6. The van der Waals surface area contributed by atoms with Gasteiger partial charge in [0.2, 0.25) is 5.91 Å². The van der Waals surface area contributed by atoms with Crippen molar-refractivity contribution in [2.24, 2.45) is 7.05 Å². The minimum atomic E-state index is -0.331. The third-order valence-electron chi connectivity index (χ3n) is 2.94. The molecule has 0 aliphatic carbocycles. The molecular weight excluding hydrogens is 270 g/mol. The van der Waals surface area contributed by atoms with Gasteiger partial charge in [0.25, 0.3) is 5.91 Å². The monoisotopic (exact) mass is 295 g/mol. The fourth-order valence-electron chi connectivity index (χ4n) is 2.04. The number of rotatable bonds is 4. The van der Waals surface area contributed by atoms with Gasteiger partial charge in [0.1, 0.15) is 5.69 Å². The van der Waals surface area contributed by atoms with Gasteiger partial charge in [0, 0.05) is 19.6 Å². The number of carbonyl (C=O) groups is 2. The summed E-state index contributed by atoms with van der Waals surface area (Å²) in [5.41, 5.74) is 7.01. The van der Waals surface area contributed by atoms with Crippen molar-refractivity contribution in [2.45, 2.75) is 39.7 Å². The Bertz CT molecular complexity index is 542. The smallest absolute Gasteiger partial charge is 0.274 e. The van der Waals surface area contributed by atoms with Crippen LogP contribution in [-0.2, 0) is 18.3 Å². The van der Waals surface area contributed by atoms with Crippen LogP contribution >= 0.6 is 0 Å². The molecule has 118 valence electrons. The molecule has 0 bridgehead atoms. The molecule has 0 spiro atoms. The van der Waals surface area contributed by atoms with E-state index in [1.165, 1.54) is 9.58 Å². The molecule has 0 saturated heterocycles. The number of carbonyl (C=O) groups excluding carboxylic acids is 2. The highest BCUT2D eigenvalue weighted by Gasteiger charge is 2.24. The number of nitrogens with two attached hydrogens (primary N) is 1. The first kappa shape index (κ1) is 17.0. The molecule has 0 radical (unpaired) electrons. The summed E-state index contributed by atoms with van der Waals surface area (Å²) in [4.78, 5) is 25.6. The Hall–Kier alpha value is -2.05. The van der Waals surface area contributed by atoms with Gasteiger partial charge < -0.3 is 16.0 Å². The molecular formula is C14H25N5O2. The molecule has 0 fully saturated rings. The molecule has 2 amide bonds. The highest BCUT2D eigenvalue weighted by molar-refractivity contribution is 5.99. The standard InChI is InChI=1S/C14H25N5O2/c1-7-9-11(15)12(19(6)17-9)13(21)18(5)8-10(20)16-14(2,3)4/h7-8,15H2,1-6H3,(H,16,20). The lowest BCUT2D eigenvalue weighted by molar-refractivity contribution is -0.122. The predicted octanol–water partition coefficient (Wildman–Crippen LogP) is 0.551. The summed E-state index contributed by atoms with van der Waals surface area (Å²) in [7, 11) is 3.24. The Balaban J connectivity index is 2.84. The second-order valence-corrected chi connectivity index (χ2v) is 6.15. The summed E-state index contributed by atoms with van der Waals surface area (Å²) in [6.45, 7) is 7.56. The maximum atomic E-state index is 12.4. The number of nitrogen functional groups attached to an aromatic ring is 1. The summed E-state index contributed by atoms with van der Waals surface area (Å²) in [5.74, 6) is -0.527. The number of hydrogen-bond acceptors (Lipinski definition) is 4. The SMILES string of the molecule is CCc1nn(C)c(C(=O)N(C)CC(=O)NC(C)(C)C)c1N. The van der Waals surface area contributed by atoms with Gasteiger partial charge in [-0.15, -0.1) is 0 Å². The Morgan fingerprint density at radius 2 is 1.95 bits per heavy atom. The second-order valence-electron chi connectivity index (χ2n) is 6.15. The zero-order chi connectivity index (χ0) is 16.4. The normalized spacial score (nSPS) is 11.3. The number of amides is 2. The minimum Gasteiger partial charge on any atom is -0.395 e. The van der Waals surface area contributed by atoms with Gasteiger partial charge in [0.15, 0.2) is 0 Å². The van der Waals surface area contributed by atoms with E-state index in [0.29, 0.717) is 23.5 Å². The zero-order valence-electron chi connectivity index (χ0n) is 13.6. The van der Waals surface area contributed by atoms with E-state index in [4.69, 9.17) is 5.73 Å². The number of anilines is 1.